The number of rotatable bonds is 5. The number of anilines is 1. The second kappa shape index (κ2) is 8.12. The first-order valence-electron chi connectivity index (χ1n) is 9.62. The minimum Gasteiger partial charge on any atom is -0.484 e. The first kappa shape index (κ1) is 20.0. The third-order valence-electron chi connectivity index (χ3n) is 5.13. The van der Waals surface area contributed by atoms with E-state index in [0.29, 0.717) is 11.4 Å². The minimum absolute atomic E-state index is 0.0621. The summed E-state index contributed by atoms with van der Waals surface area (Å²) in [5, 5.41) is 2.63. The first-order valence-corrected chi connectivity index (χ1v) is 9.62. The van der Waals surface area contributed by atoms with Crippen LogP contribution in [0, 0.1) is 11.3 Å². The highest BCUT2D eigenvalue weighted by molar-refractivity contribution is 6.23. The number of nitrogens with zero attached hydrogens (tertiary/aromatic N) is 1. The highest BCUT2D eigenvalue weighted by Gasteiger charge is 2.43. The van der Waals surface area contributed by atoms with E-state index >= 15 is 0 Å². The lowest BCUT2D eigenvalue weighted by atomic mass is 9.71. The summed E-state index contributed by atoms with van der Waals surface area (Å²) in [6.07, 6.45) is 2.45. The normalized spacial score (nSPS) is 19.6. The predicted octanol–water partition coefficient (Wildman–Crippen LogP) is 2.20. The van der Waals surface area contributed by atoms with Gasteiger partial charge in [-0.2, -0.15) is 0 Å². The van der Waals surface area contributed by atoms with Crippen molar-refractivity contribution in [1.82, 2.24) is 4.90 Å². The third-order valence-corrected chi connectivity index (χ3v) is 5.13. The zero-order valence-electron chi connectivity index (χ0n) is 16.3. The molecule has 1 aromatic rings. The molecule has 1 aliphatic carbocycles. The molecule has 0 bridgehead atoms. The van der Waals surface area contributed by atoms with E-state index in [1.165, 1.54) is 0 Å². The van der Waals surface area contributed by atoms with Crippen LogP contribution in [0.1, 0.15) is 39.5 Å². The lowest BCUT2D eigenvalue weighted by molar-refractivity contribution is -0.144. The van der Waals surface area contributed by atoms with Gasteiger partial charge in [0.2, 0.25) is 5.91 Å². The number of hydrogen-bond donors (Lipinski definition) is 1. The number of carbonyl (C=O) groups is 4. The van der Waals surface area contributed by atoms with E-state index in [1.54, 1.807) is 29.2 Å². The van der Waals surface area contributed by atoms with Crippen molar-refractivity contribution in [3.05, 3.63) is 24.3 Å². The number of ether oxygens (including phenoxy) is 1. The number of likely N-dealkylation sites (tertiary alicyclic amines) is 1. The molecule has 1 aromatic carbocycles. The van der Waals surface area contributed by atoms with E-state index in [2.05, 4.69) is 5.32 Å². The summed E-state index contributed by atoms with van der Waals surface area (Å²) in [5.74, 6) is -2.18. The highest BCUT2D eigenvalue weighted by Crippen LogP contribution is 2.34. The standard InChI is InChI=1S/C21H26N2O5/c1-21(2)11-16(24)19(17(25)12-21)20(27)22-14-6-5-7-15(10-14)28-13-18(26)23-8-3-4-9-23/h5-7,10,19H,3-4,8-9,11-13H2,1-2H3,(H,22,27). The van der Waals surface area contributed by atoms with Crippen molar-refractivity contribution >= 4 is 29.1 Å². The Hall–Kier alpha value is -2.70. The molecule has 2 amide bonds. The van der Waals surface area contributed by atoms with Crippen LogP contribution in [0.4, 0.5) is 5.69 Å². The molecule has 2 aliphatic rings. The summed E-state index contributed by atoms with van der Waals surface area (Å²) in [6.45, 7) is 5.16. The molecule has 0 atom stereocenters. The molecule has 0 unspecified atom stereocenters. The molecule has 1 heterocycles. The van der Waals surface area contributed by atoms with Gasteiger partial charge in [-0.1, -0.05) is 19.9 Å². The lowest BCUT2D eigenvalue weighted by Gasteiger charge is -2.31. The fraction of sp³-hybridized carbons (Fsp3) is 0.524. The topological polar surface area (TPSA) is 92.8 Å². The molecule has 7 nitrogen and oxygen atoms in total. The minimum atomic E-state index is -1.26. The second-order valence-electron chi connectivity index (χ2n) is 8.28. The van der Waals surface area contributed by atoms with Crippen LogP contribution in [0.15, 0.2) is 24.3 Å². The Morgan fingerprint density at radius 3 is 2.43 bits per heavy atom. The van der Waals surface area contributed by atoms with Crippen LogP contribution in [0.2, 0.25) is 0 Å². The smallest absolute Gasteiger partial charge is 0.260 e. The number of carbonyl (C=O) groups excluding carboxylic acids is 4. The van der Waals surface area contributed by atoms with Gasteiger partial charge in [0.25, 0.3) is 5.91 Å². The van der Waals surface area contributed by atoms with E-state index in [-0.39, 0.29) is 36.9 Å². The SMILES string of the molecule is CC1(C)CC(=O)C(C(=O)Nc2cccc(OCC(=O)N3CCCC3)c2)C(=O)C1. The van der Waals surface area contributed by atoms with Gasteiger partial charge in [-0.15, -0.1) is 0 Å². The van der Waals surface area contributed by atoms with Crippen molar-refractivity contribution in [2.24, 2.45) is 11.3 Å². The van der Waals surface area contributed by atoms with E-state index in [4.69, 9.17) is 4.74 Å². The quantitative estimate of drug-likeness (QED) is 0.783. The Morgan fingerprint density at radius 1 is 1.14 bits per heavy atom. The number of ketones is 2. The van der Waals surface area contributed by atoms with Gasteiger partial charge < -0.3 is 15.0 Å². The highest BCUT2D eigenvalue weighted by atomic mass is 16.5. The van der Waals surface area contributed by atoms with E-state index in [0.717, 1.165) is 25.9 Å². The summed E-state index contributed by atoms with van der Waals surface area (Å²) >= 11 is 0. The fourth-order valence-corrected chi connectivity index (χ4v) is 3.76. The van der Waals surface area contributed by atoms with Crippen LogP contribution in [-0.4, -0.2) is 48.0 Å². The average Bonchev–Trinajstić information content (AvgIpc) is 3.13. The van der Waals surface area contributed by atoms with Crippen molar-refractivity contribution in [3.8, 4) is 5.75 Å². The number of hydrogen-bond acceptors (Lipinski definition) is 5. The molecule has 1 saturated heterocycles. The molecule has 2 fully saturated rings. The fourth-order valence-electron chi connectivity index (χ4n) is 3.76. The molecule has 28 heavy (non-hydrogen) atoms. The third kappa shape index (κ3) is 4.77. The molecule has 1 saturated carbocycles. The maximum Gasteiger partial charge on any atom is 0.260 e. The lowest BCUT2D eigenvalue weighted by Crippen LogP contribution is -2.44. The first-order chi connectivity index (χ1) is 13.2. The summed E-state index contributed by atoms with van der Waals surface area (Å²) < 4.78 is 5.54. The van der Waals surface area contributed by atoms with Gasteiger partial charge in [0, 0.05) is 37.7 Å². The number of benzene rings is 1. The van der Waals surface area contributed by atoms with Crippen molar-refractivity contribution in [2.45, 2.75) is 39.5 Å². The van der Waals surface area contributed by atoms with Crippen LogP contribution < -0.4 is 10.1 Å². The van der Waals surface area contributed by atoms with Gasteiger partial charge in [-0.05, 0) is 30.4 Å². The Labute approximate surface area is 164 Å². The molecule has 1 aliphatic heterocycles. The summed E-state index contributed by atoms with van der Waals surface area (Å²) in [6, 6.07) is 6.59. The summed E-state index contributed by atoms with van der Waals surface area (Å²) in [7, 11) is 0. The Morgan fingerprint density at radius 2 is 1.79 bits per heavy atom. The molecule has 0 radical (unpaired) electrons. The molecule has 3 rings (SSSR count). The van der Waals surface area contributed by atoms with Gasteiger partial charge in [-0.25, -0.2) is 0 Å². The second-order valence-corrected chi connectivity index (χ2v) is 8.28. The molecule has 1 N–H and O–H groups in total. The van der Waals surface area contributed by atoms with Gasteiger partial charge in [0.1, 0.15) is 5.75 Å². The molecule has 0 aromatic heterocycles. The Bertz CT molecular complexity index is 776. The van der Waals surface area contributed by atoms with Gasteiger partial charge in [0.05, 0.1) is 0 Å². The summed E-state index contributed by atoms with van der Waals surface area (Å²) in [4.78, 5) is 50.9. The average molecular weight is 386 g/mol. The molecule has 0 spiro atoms. The molecule has 150 valence electrons. The molecular weight excluding hydrogens is 360 g/mol. The molecule has 7 heteroatoms. The Balaban J connectivity index is 1.59. The van der Waals surface area contributed by atoms with Crippen LogP contribution >= 0.6 is 0 Å². The van der Waals surface area contributed by atoms with E-state index in [1.807, 2.05) is 13.8 Å². The van der Waals surface area contributed by atoms with Gasteiger partial charge >= 0.3 is 0 Å². The van der Waals surface area contributed by atoms with Crippen LogP contribution in [0.3, 0.4) is 0 Å². The summed E-state index contributed by atoms with van der Waals surface area (Å²) in [5.41, 5.74) is 0.0159. The van der Waals surface area contributed by atoms with E-state index < -0.39 is 17.2 Å². The van der Waals surface area contributed by atoms with Gasteiger partial charge in [-0.3, -0.25) is 19.2 Å². The maximum absolute atomic E-state index is 12.5. The number of Topliss-reactive ketones (excluding diaryl/α,β-unsaturated/α-hetero) is 2. The predicted molar refractivity (Wildman–Crippen MR) is 103 cm³/mol. The monoisotopic (exact) mass is 386 g/mol. The zero-order chi connectivity index (χ0) is 20.3. The van der Waals surface area contributed by atoms with E-state index in [9.17, 15) is 19.2 Å². The zero-order valence-corrected chi connectivity index (χ0v) is 16.3. The van der Waals surface area contributed by atoms with Crippen molar-refractivity contribution < 1.29 is 23.9 Å². The van der Waals surface area contributed by atoms with Crippen molar-refractivity contribution in [3.63, 3.8) is 0 Å². The van der Waals surface area contributed by atoms with Crippen LogP contribution in [0.25, 0.3) is 0 Å². The Kier molecular flexibility index (Phi) is 5.82. The molecular formula is C21H26N2O5. The number of nitrogens with one attached hydrogen (secondary N) is 1. The van der Waals surface area contributed by atoms with Crippen LogP contribution in [0.5, 0.6) is 5.75 Å². The maximum atomic E-state index is 12.5. The number of amides is 2. The largest absolute Gasteiger partial charge is 0.484 e. The van der Waals surface area contributed by atoms with Crippen molar-refractivity contribution in [1.29, 1.82) is 0 Å². The van der Waals surface area contributed by atoms with Crippen molar-refractivity contribution in [2.75, 3.05) is 25.0 Å². The van der Waals surface area contributed by atoms with Crippen LogP contribution in [-0.2, 0) is 19.2 Å². The van der Waals surface area contributed by atoms with Gasteiger partial charge in [0.15, 0.2) is 24.1 Å².